The Morgan fingerprint density at radius 2 is 1.75 bits per heavy atom. The van der Waals surface area contributed by atoms with Gasteiger partial charge in [-0.2, -0.15) is 0 Å². The van der Waals surface area contributed by atoms with Crippen LogP contribution in [0.5, 0.6) is 5.75 Å². The van der Waals surface area contributed by atoms with Crippen LogP contribution in [0.15, 0.2) is 54.6 Å². The molecule has 1 N–H and O–H groups in total. The van der Waals surface area contributed by atoms with E-state index in [1.807, 2.05) is 54.6 Å². The van der Waals surface area contributed by atoms with Crippen molar-refractivity contribution in [3.8, 4) is 5.75 Å². The highest BCUT2D eigenvalue weighted by Crippen LogP contribution is 2.22. The van der Waals surface area contributed by atoms with Crippen LogP contribution in [-0.4, -0.2) is 26.6 Å². The fraction of sp³-hybridized carbons (Fsp3) is 0.188. The Morgan fingerprint density at radius 3 is 2.45 bits per heavy atom. The Balaban J connectivity index is 1.99. The van der Waals surface area contributed by atoms with Gasteiger partial charge in [-0.15, -0.1) is 0 Å². The summed E-state index contributed by atoms with van der Waals surface area (Å²) in [5.74, 6) is 0.713. The number of anilines is 2. The number of ether oxygens (including phenoxy) is 1. The number of nitrogens with zero attached hydrogens (tertiary/aromatic N) is 1. The average molecular weight is 270 g/mol. The van der Waals surface area contributed by atoms with E-state index in [0.29, 0.717) is 0 Å². The zero-order valence-electron chi connectivity index (χ0n) is 11.7. The molecular weight excluding hydrogens is 252 g/mol. The number of methoxy groups -OCH3 is 1. The predicted octanol–water partition coefficient (Wildman–Crippen LogP) is 2.77. The van der Waals surface area contributed by atoms with Crippen LogP contribution < -0.4 is 15.0 Å². The van der Waals surface area contributed by atoms with E-state index in [4.69, 9.17) is 4.74 Å². The van der Waals surface area contributed by atoms with Crippen LogP contribution in [0.25, 0.3) is 0 Å². The van der Waals surface area contributed by atoms with E-state index in [9.17, 15) is 4.79 Å². The molecule has 20 heavy (non-hydrogen) atoms. The van der Waals surface area contributed by atoms with Gasteiger partial charge in [0.2, 0.25) is 5.91 Å². The molecular formula is C16H18N2O2. The highest BCUT2D eigenvalue weighted by Gasteiger charge is 2.11. The molecule has 0 unspecified atom stereocenters. The Labute approximate surface area is 119 Å². The second-order valence-corrected chi connectivity index (χ2v) is 4.34. The third kappa shape index (κ3) is 3.29. The molecule has 0 bridgehead atoms. The molecule has 2 rings (SSSR count). The molecule has 0 aliphatic heterocycles. The molecule has 2 aromatic carbocycles. The molecule has 0 spiro atoms. The minimum absolute atomic E-state index is 0.0119. The van der Waals surface area contributed by atoms with Crippen LogP contribution in [0.4, 0.5) is 11.4 Å². The monoisotopic (exact) mass is 270 g/mol. The fourth-order valence-corrected chi connectivity index (χ4v) is 1.88. The third-order valence-electron chi connectivity index (χ3n) is 3.05. The molecule has 0 aromatic heterocycles. The second-order valence-electron chi connectivity index (χ2n) is 4.34. The number of para-hydroxylation sites is 3. The van der Waals surface area contributed by atoms with Crippen molar-refractivity contribution in [1.82, 2.24) is 0 Å². The standard InChI is InChI=1S/C16H18N2O2/c1-18(13-8-4-3-5-9-13)16(19)12-17-14-10-6-7-11-15(14)20-2/h3-11,17H,12H2,1-2H3. The number of rotatable bonds is 5. The van der Waals surface area contributed by atoms with Crippen LogP contribution in [0.2, 0.25) is 0 Å². The molecule has 0 radical (unpaired) electrons. The minimum Gasteiger partial charge on any atom is -0.495 e. The molecule has 104 valence electrons. The van der Waals surface area contributed by atoms with Crippen LogP contribution in [0.1, 0.15) is 0 Å². The topological polar surface area (TPSA) is 41.6 Å². The summed E-state index contributed by atoms with van der Waals surface area (Å²) in [7, 11) is 3.38. The van der Waals surface area contributed by atoms with E-state index in [0.717, 1.165) is 17.1 Å². The first-order valence-corrected chi connectivity index (χ1v) is 6.41. The smallest absolute Gasteiger partial charge is 0.246 e. The quantitative estimate of drug-likeness (QED) is 0.908. The van der Waals surface area contributed by atoms with Gasteiger partial charge in [0.1, 0.15) is 5.75 Å². The first-order valence-electron chi connectivity index (χ1n) is 6.41. The van der Waals surface area contributed by atoms with Crippen molar-refractivity contribution in [2.75, 3.05) is 30.9 Å². The van der Waals surface area contributed by atoms with Gasteiger partial charge in [0.15, 0.2) is 0 Å². The summed E-state index contributed by atoms with van der Waals surface area (Å²) in [6.07, 6.45) is 0. The molecule has 4 nitrogen and oxygen atoms in total. The maximum absolute atomic E-state index is 12.1. The van der Waals surface area contributed by atoms with Crippen molar-refractivity contribution in [2.45, 2.75) is 0 Å². The van der Waals surface area contributed by atoms with Gasteiger partial charge in [0.25, 0.3) is 0 Å². The summed E-state index contributed by atoms with van der Waals surface area (Å²) >= 11 is 0. The minimum atomic E-state index is -0.0119. The van der Waals surface area contributed by atoms with Gasteiger partial charge in [-0.25, -0.2) is 0 Å². The maximum Gasteiger partial charge on any atom is 0.246 e. The maximum atomic E-state index is 12.1. The van der Waals surface area contributed by atoms with Crippen molar-refractivity contribution >= 4 is 17.3 Å². The molecule has 4 heteroatoms. The first-order chi connectivity index (χ1) is 9.72. The van der Waals surface area contributed by atoms with Gasteiger partial charge in [-0.3, -0.25) is 4.79 Å². The van der Waals surface area contributed by atoms with Gasteiger partial charge < -0.3 is 15.0 Å². The van der Waals surface area contributed by atoms with Gasteiger partial charge in [0.05, 0.1) is 19.3 Å². The highest BCUT2D eigenvalue weighted by molar-refractivity contribution is 5.95. The lowest BCUT2D eigenvalue weighted by atomic mass is 10.2. The lowest BCUT2D eigenvalue weighted by molar-refractivity contribution is -0.116. The number of hydrogen-bond acceptors (Lipinski definition) is 3. The van der Waals surface area contributed by atoms with Crippen molar-refractivity contribution in [1.29, 1.82) is 0 Å². The van der Waals surface area contributed by atoms with E-state index >= 15 is 0 Å². The zero-order valence-corrected chi connectivity index (χ0v) is 11.7. The van der Waals surface area contributed by atoms with E-state index < -0.39 is 0 Å². The SMILES string of the molecule is COc1ccccc1NCC(=O)N(C)c1ccccc1. The second kappa shape index (κ2) is 6.61. The van der Waals surface area contributed by atoms with Crippen molar-refractivity contribution in [3.63, 3.8) is 0 Å². The number of hydrogen-bond donors (Lipinski definition) is 1. The van der Waals surface area contributed by atoms with E-state index in [2.05, 4.69) is 5.32 Å². The summed E-state index contributed by atoms with van der Waals surface area (Å²) in [6.45, 7) is 0.214. The summed E-state index contributed by atoms with van der Waals surface area (Å²) in [5, 5.41) is 3.10. The lowest BCUT2D eigenvalue weighted by Crippen LogP contribution is -2.32. The summed E-state index contributed by atoms with van der Waals surface area (Å²) < 4.78 is 5.24. The van der Waals surface area contributed by atoms with Crippen LogP contribution >= 0.6 is 0 Å². The zero-order chi connectivity index (χ0) is 14.4. The molecule has 1 amide bonds. The van der Waals surface area contributed by atoms with Crippen molar-refractivity contribution in [2.24, 2.45) is 0 Å². The largest absolute Gasteiger partial charge is 0.495 e. The predicted molar refractivity (Wildman–Crippen MR) is 81.3 cm³/mol. The highest BCUT2D eigenvalue weighted by atomic mass is 16.5. The molecule has 0 aliphatic carbocycles. The van der Waals surface area contributed by atoms with Gasteiger partial charge in [-0.1, -0.05) is 30.3 Å². The normalized spacial score (nSPS) is 9.90. The van der Waals surface area contributed by atoms with Crippen LogP contribution in [-0.2, 0) is 4.79 Å². The molecule has 2 aromatic rings. The van der Waals surface area contributed by atoms with Crippen LogP contribution in [0, 0.1) is 0 Å². The molecule has 0 aliphatic rings. The fourth-order valence-electron chi connectivity index (χ4n) is 1.88. The summed E-state index contributed by atoms with van der Waals surface area (Å²) in [4.78, 5) is 13.8. The number of nitrogens with one attached hydrogen (secondary N) is 1. The summed E-state index contributed by atoms with van der Waals surface area (Å²) in [5.41, 5.74) is 1.68. The third-order valence-corrected chi connectivity index (χ3v) is 3.05. The Hall–Kier alpha value is -2.49. The number of likely N-dealkylation sites (N-methyl/N-ethyl adjacent to an activating group) is 1. The van der Waals surface area contributed by atoms with E-state index in [1.165, 1.54) is 0 Å². The Bertz CT molecular complexity index is 570. The Kier molecular flexibility index (Phi) is 4.60. The van der Waals surface area contributed by atoms with E-state index in [-0.39, 0.29) is 12.5 Å². The molecule has 0 heterocycles. The molecule has 0 atom stereocenters. The van der Waals surface area contributed by atoms with Crippen molar-refractivity contribution < 1.29 is 9.53 Å². The van der Waals surface area contributed by atoms with Gasteiger partial charge in [-0.05, 0) is 24.3 Å². The Morgan fingerprint density at radius 1 is 1.10 bits per heavy atom. The van der Waals surface area contributed by atoms with Gasteiger partial charge >= 0.3 is 0 Å². The lowest BCUT2D eigenvalue weighted by Gasteiger charge is -2.18. The number of carbonyl (C=O) groups excluding carboxylic acids is 1. The molecule has 0 saturated carbocycles. The van der Waals surface area contributed by atoms with Crippen LogP contribution in [0.3, 0.4) is 0 Å². The van der Waals surface area contributed by atoms with Crippen molar-refractivity contribution in [3.05, 3.63) is 54.6 Å². The molecule has 0 saturated heterocycles. The average Bonchev–Trinajstić information content (AvgIpc) is 2.53. The molecule has 0 fully saturated rings. The number of carbonyl (C=O) groups is 1. The summed E-state index contributed by atoms with van der Waals surface area (Å²) in [6, 6.07) is 17.1. The van der Waals surface area contributed by atoms with E-state index in [1.54, 1.807) is 19.1 Å². The number of benzene rings is 2. The number of amides is 1. The first kappa shape index (κ1) is 13.9. The van der Waals surface area contributed by atoms with Gasteiger partial charge in [0, 0.05) is 12.7 Å².